The molecule has 0 spiro atoms. The molecule has 0 fully saturated rings. The Morgan fingerprint density at radius 3 is 2.74 bits per heavy atom. The van der Waals surface area contributed by atoms with Gasteiger partial charge in [-0.1, -0.05) is 34.1 Å². The molecule has 1 N–H and O–H groups in total. The molecule has 0 bridgehead atoms. The Kier molecular flexibility index (Phi) is 4.39. The number of nitrogens with one attached hydrogen (secondary N) is 1. The molecule has 3 rings (SSSR count). The topological polar surface area (TPSA) is 55.4 Å². The second-order valence-corrected chi connectivity index (χ2v) is 6.63. The number of ketones is 1. The van der Waals surface area contributed by atoms with E-state index in [0.717, 1.165) is 34.3 Å². The Labute approximate surface area is 143 Å². The van der Waals surface area contributed by atoms with Crippen LogP contribution in [0.2, 0.25) is 0 Å². The summed E-state index contributed by atoms with van der Waals surface area (Å²) in [6, 6.07) is 7.71. The lowest BCUT2D eigenvalue weighted by molar-refractivity contribution is -0.136. The molecule has 1 atom stereocenters. The van der Waals surface area contributed by atoms with Crippen molar-refractivity contribution in [3.63, 3.8) is 0 Å². The highest BCUT2D eigenvalue weighted by molar-refractivity contribution is 9.10. The first-order valence-electron chi connectivity index (χ1n) is 7.61. The highest BCUT2D eigenvalue weighted by Crippen LogP contribution is 2.44. The van der Waals surface area contributed by atoms with Gasteiger partial charge in [0.25, 0.3) is 0 Å². The number of dihydropyridines is 1. The van der Waals surface area contributed by atoms with Crippen LogP contribution in [0.3, 0.4) is 0 Å². The molecular formula is C18H18BrNO3. The van der Waals surface area contributed by atoms with Gasteiger partial charge in [-0.3, -0.25) is 4.79 Å². The van der Waals surface area contributed by atoms with Gasteiger partial charge in [0.2, 0.25) is 0 Å². The highest BCUT2D eigenvalue weighted by Gasteiger charge is 2.39. The number of benzene rings is 1. The van der Waals surface area contributed by atoms with Crippen LogP contribution in [0.1, 0.15) is 37.7 Å². The summed E-state index contributed by atoms with van der Waals surface area (Å²) < 4.78 is 5.86. The fourth-order valence-electron chi connectivity index (χ4n) is 3.38. The van der Waals surface area contributed by atoms with Crippen molar-refractivity contribution in [1.29, 1.82) is 0 Å². The second-order valence-electron chi connectivity index (χ2n) is 5.78. The summed E-state index contributed by atoms with van der Waals surface area (Å²) in [6.07, 6.45) is 2.19. The van der Waals surface area contributed by atoms with E-state index in [-0.39, 0.29) is 11.7 Å². The largest absolute Gasteiger partial charge is 0.466 e. The van der Waals surface area contributed by atoms with E-state index in [0.29, 0.717) is 17.6 Å². The molecule has 1 heterocycles. The first-order chi connectivity index (χ1) is 11.0. The summed E-state index contributed by atoms with van der Waals surface area (Å²) in [5.41, 5.74) is 3.82. The van der Waals surface area contributed by atoms with Gasteiger partial charge in [0.15, 0.2) is 5.78 Å². The summed E-state index contributed by atoms with van der Waals surface area (Å²) in [4.78, 5) is 25.0. The molecule has 0 amide bonds. The van der Waals surface area contributed by atoms with Crippen LogP contribution in [-0.4, -0.2) is 18.9 Å². The minimum atomic E-state index is -0.402. The molecule has 0 saturated carbocycles. The average Bonchev–Trinajstić information content (AvgIpc) is 2.54. The predicted octanol–water partition coefficient (Wildman–Crippen LogP) is 3.59. The van der Waals surface area contributed by atoms with Crippen molar-refractivity contribution >= 4 is 27.7 Å². The third-order valence-electron chi connectivity index (χ3n) is 4.40. The van der Waals surface area contributed by atoms with Crippen molar-refractivity contribution in [2.75, 3.05) is 7.11 Å². The second kappa shape index (κ2) is 6.32. The van der Waals surface area contributed by atoms with Crippen LogP contribution in [0.4, 0.5) is 0 Å². The van der Waals surface area contributed by atoms with Crippen LogP contribution in [0.25, 0.3) is 0 Å². The lowest BCUT2D eigenvalue weighted by Gasteiger charge is -2.34. The molecular weight excluding hydrogens is 358 g/mol. The summed E-state index contributed by atoms with van der Waals surface area (Å²) >= 11 is 3.56. The monoisotopic (exact) mass is 375 g/mol. The normalized spacial score (nSPS) is 21.0. The van der Waals surface area contributed by atoms with Crippen LogP contribution in [0.5, 0.6) is 0 Å². The molecule has 1 aliphatic heterocycles. The minimum Gasteiger partial charge on any atom is -0.466 e. The zero-order valence-corrected chi connectivity index (χ0v) is 14.7. The third-order valence-corrected chi connectivity index (χ3v) is 5.12. The van der Waals surface area contributed by atoms with Crippen molar-refractivity contribution in [1.82, 2.24) is 5.32 Å². The molecule has 1 aromatic rings. The van der Waals surface area contributed by atoms with E-state index in [2.05, 4.69) is 21.2 Å². The zero-order valence-electron chi connectivity index (χ0n) is 13.1. The number of ether oxygens (including phenoxy) is 1. The average molecular weight is 376 g/mol. The van der Waals surface area contributed by atoms with E-state index in [1.54, 1.807) is 0 Å². The Morgan fingerprint density at radius 2 is 2.04 bits per heavy atom. The Hall–Kier alpha value is -1.88. The van der Waals surface area contributed by atoms with Crippen LogP contribution in [0.15, 0.2) is 51.3 Å². The molecule has 0 unspecified atom stereocenters. The number of carbonyl (C=O) groups excluding carboxylic acids is 2. The first-order valence-corrected chi connectivity index (χ1v) is 8.40. The summed E-state index contributed by atoms with van der Waals surface area (Å²) in [7, 11) is 1.37. The molecule has 0 aromatic heterocycles. The maximum atomic E-state index is 12.6. The smallest absolute Gasteiger partial charge is 0.336 e. The van der Waals surface area contributed by atoms with Crippen LogP contribution in [-0.2, 0) is 14.3 Å². The number of carbonyl (C=O) groups is 2. The molecule has 1 aliphatic carbocycles. The number of Topliss-reactive ketones (excluding diaryl/α,β-unsaturated/α-hetero) is 1. The number of methoxy groups -OCH3 is 1. The van der Waals surface area contributed by atoms with E-state index in [4.69, 9.17) is 4.74 Å². The molecule has 0 radical (unpaired) electrons. The van der Waals surface area contributed by atoms with E-state index >= 15 is 0 Å². The van der Waals surface area contributed by atoms with E-state index in [1.807, 2.05) is 31.2 Å². The van der Waals surface area contributed by atoms with Crippen LogP contribution < -0.4 is 5.32 Å². The van der Waals surface area contributed by atoms with Crippen molar-refractivity contribution in [2.45, 2.75) is 32.1 Å². The molecule has 5 heteroatoms. The maximum Gasteiger partial charge on any atom is 0.336 e. The fraction of sp³-hybridized carbons (Fsp3) is 0.333. The number of hydrogen-bond acceptors (Lipinski definition) is 4. The van der Waals surface area contributed by atoms with Crippen molar-refractivity contribution in [3.05, 3.63) is 56.8 Å². The number of allylic oxidation sites excluding steroid dienone is 3. The highest BCUT2D eigenvalue weighted by atomic mass is 79.9. The summed E-state index contributed by atoms with van der Waals surface area (Å²) in [5, 5.41) is 3.26. The SMILES string of the molecule is COC(=O)C1=C(C)NC2=C(C(=O)CCC2)[C@H]1c1ccccc1Br. The number of halogens is 1. The predicted molar refractivity (Wildman–Crippen MR) is 90.6 cm³/mol. The number of esters is 1. The van der Waals surface area contributed by atoms with E-state index in [9.17, 15) is 9.59 Å². The quantitative estimate of drug-likeness (QED) is 0.802. The lowest BCUT2D eigenvalue weighted by Crippen LogP contribution is -2.34. The van der Waals surface area contributed by atoms with Gasteiger partial charge in [0, 0.05) is 33.8 Å². The van der Waals surface area contributed by atoms with E-state index < -0.39 is 5.97 Å². The van der Waals surface area contributed by atoms with Gasteiger partial charge < -0.3 is 10.1 Å². The van der Waals surface area contributed by atoms with Crippen LogP contribution in [0, 0.1) is 0 Å². The minimum absolute atomic E-state index is 0.105. The lowest BCUT2D eigenvalue weighted by atomic mass is 9.75. The van der Waals surface area contributed by atoms with Gasteiger partial charge in [0.1, 0.15) is 0 Å². The van der Waals surface area contributed by atoms with Gasteiger partial charge >= 0.3 is 5.97 Å². The Morgan fingerprint density at radius 1 is 1.30 bits per heavy atom. The zero-order chi connectivity index (χ0) is 16.6. The molecule has 23 heavy (non-hydrogen) atoms. The first kappa shape index (κ1) is 16.0. The van der Waals surface area contributed by atoms with Crippen molar-refractivity contribution in [2.24, 2.45) is 0 Å². The molecule has 1 aromatic carbocycles. The number of rotatable bonds is 2. The molecule has 120 valence electrons. The van der Waals surface area contributed by atoms with Gasteiger partial charge in [-0.2, -0.15) is 0 Å². The molecule has 4 nitrogen and oxygen atoms in total. The van der Waals surface area contributed by atoms with Crippen LogP contribution >= 0.6 is 15.9 Å². The summed E-state index contributed by atoms with van der Waals surface area (Å²) in [6.45, 7) is 1.86. The van der Waals surface area contributed by atoms with E-state index in [1.165, 1.54) is 7.11 Å². The number of hydrogen-bond donors (Lipinski definition) is 1. The standard InChI is InChI=1S/C18H18BrNO3/c1-10-15(18(22)23-2)16(11-6-3-4-7-12(11)19)17-13(20-10)8-5-9-14(17)21/h3-4,6-7,16,20H,5,8-9H2,1-2H3/t16-/m0/s1. The molecule has 2 aliphatic rings. The van der Waals surface area contributed by atoms with Crippen molar-refractivity contribution in [3.8, 4) is 0 Å². The Balaban J connectivity index is 2.23. The van der Waals surface area contributed by atoms with Gasteiger partial charge in [0.05, 0.1) is 12.7 Å². The van der Waals surface area contributed by atoms with Gasteiger partial charge in [-0.15, -0.1) is 0 Å². The van der Waals surface area contributed by atoms with Crippen molar-refractivity contribution < 1.29 is 14.3 Å². The fourth-order valence-corrected chi connectivity index (χ4v) is 3.90. The third kappa shape index (κ3) is 2.74. The maximum absolute atomic E-state index is 12.6. The Bertz CT molecular complexity index is 748. The molecule has 0 saturated heterocycles. The van der Waals surface area contributed by atoms with Gasteiger partial charge in [-0.25, -0.2) is 4.79 Å². The summed E-state index contributed by atoms with van der Waals surface area (Å²) in [5.74, 6) is -0.684. The van der Waals surface area contributed by atoms with Gasteiger partial charge in [-0.05, 0) is 31.4 Å².